The van der Waals surface area contributed by atoms with E-state index in [9.17, 15) is 13.2 Å². The molecule has 0 amide bonds. The molecule has 1 unspecified atom stereocenters. The van der Waals surface area contributed by atoms with Gasteiger partial charge in [0.15, 0.2) is 23.2 Å². The Morgan fingerprint density at radius 1 is 0.963 bits per heavy atom. The maximum absolute atomic E-state index is 13.6. The molecule has 3 aliphatic carbocycles. The molecule has 1 spiro atoms. The van der Waals surface area contributed by atoms with Crippen LogP contribution >= 0.6 is 0 Å². The Morgan fingerprint density at radius 2 is 1.70 bits per heavy atom. The van der Waals surface area contributed by atoms with Gasteiger partial charge >= 0.3 is 0 Å². The lowest BCUT2D eigenvalue weighted by Crippen LogP contribution is -2.42. The molecule has 0 radical (unpaired) electrons. The molecular formula is C22H25F3O2. The van der Waals surface area contributed by atoms with E-state index in [1.54, 1.807) is 0 Å². The molecule has 2 nitrogen and oxygen atoms in total. The summed E-state index contributed by atoms with van der Waals surface area (Å²) in [5.41, 5.74) is 2.09. The molecule has 0 aromatic heterocycles. The van der Waals surface area contributed by atoms with Crippen LogP contribution in [0.3, 0.4) is 0 Å². The second-order valence-electron chi connectivity index (χ2n) is 8.68. The lowest BCUT2D eigenvalue weighted by molar-refractivity contribution is -0.174. The van der Waals surface area contributed by atoms with E-state index in [-0.39, 0.29) is 11.7 Å². The van der Waals surface area contributed by atoms with E-state index in [0.717, 1.165) is 44.9 Å². The summed E-state index contributed by atoms with van der Waals surface area (Å²) >= 11 is 0. The van der Waals surface area contributed by atoms with Crippen LogP contribution < -0.4 is 0 Å². The topological polar surface area (TPSA) is 18.5 Å². The van der Waals surface area contributed by atoms with Crippen LogP contribution in [0.25, 0.3) is 0 Å². The van der Waals surface area contributed by atoms with Gasteiger partial charge in [-0.25, -0.2) is 13.2 Å². The quantitative estimate of drug-likeness (QED) is 0.476. The molecular weight excluding hydrogens is 353 g/mol. The summed E-state index contributed by atoms with van der Waals surface area (Å²) in [5.74, 6) is -2.03. The molecule has 1 heterocycles. The zero-order chi connectivity index (χ0) is 18.6. The molecule has 2 saturated carbocycles. The van der Waals surface area contributed by atoms with Crippen LogP contribution in [0, 0.1) is 35.2 Å². The molecule has 3 fully saturated rings. The standard InChI is InChI=1S/C22H25F3O2/c23-19-10-16(11-20(24)21(19)25)13-3-4-17-14(9-13)1-2-15-12-22(6-5-18(15)17)26-7-8-27-22/h2,10-11,13-14,17-18H,1,3-9,12H2/t13?,14-,17-,18+/m0/s1. The van der Waals surface area contributed by atoms with Crippen molar-refractivity contribution in [2.75, 3.05) is 13.2 Å². The van der Waals surface area contributed by atoms with E-state index in [1.807, 2.05) is 0 Å². The van der Waals surface area contributed by atoms with E-state index in [2.05, 4.69) is 6.08 Å². The molecule has 0 bridgehead atoms. The van der Waals surface area contributed by atoms with Crippen LogP contribution in [0.5, 0.6) is 0 Å². The fourth-order valence-corrected chi connectivity index (χ4v) is 6.05. The van der Waals surface area contributed by atoms with Crippen LogP contribution in [-0.2, 0) is 9.47 Å². The van der Waals surface area contributed by atoms with E-state index >= 15 is 0 Å². The number of fused-ring (bicyclic) bond motifs is 3. The van der Waals surface area contributed by atoms with Crippen molar-refractivity contribution in [2.24, 2.45) is 17.8 Å². The van der Waals surface area contributed by atoms with Crippen LogP contribution in [-0.4, -0.2) is 19.0 Å². The van der Waals surface area contributed by atoms with Crippen molar-refractivity contribution in [1.82, 2.24) is 0 Å². The van der Waals surface area contributed by atoms with Gasteiger partial charge in [0.05, 0.1) is 13.2 Å². The first-order valence-corrected chi connectivity index (χ1v) is 10.2. The van der Waals surface area contributed by atoms with Gasteiger partial charge in [-0.05, 0) is 73.5 Å². The maximum Gasteiger partial charge on any atom is 0.194 e. The molecule has 5 rings (SSSR count). The zero-order valence-corrected chi connectivity index (χ0v) is 15.4. The van der Waals surface area contributed by atoms with Crippen LogP contribution in [0.2, 0.25) is 0 Å². The minimum atomic E-state index is -1.37. The van der Waals surface area contributed by atoms with Crippen molar-refractivity contribution in [2.45, 2.75) is 56.7 Å². The average Bonchev–Trinajstić information content (AvgIpc) is 3.12. The maximum atomic E-state index is 13.6. The third kappa shape index (κ3) is 3.03. The number of hydrogen-bond donors (Lipinski definition) is 0. The molecule has 1 aliphatic heterocycles. The Morgan fingerprint density at radius 3 is 2.44 bits per heavy atom. The fraction of sp³-hybridized carbons (Fsp3) is 0.636. The molecule has 146 valence electrons. The van der Waals surface area contributed by atoms with Gasteiger partial charge in [-0.3, -0.25) is 0 Å². The van der Waals surface area contributed by atoms with Gasteiger partial charge in [-0.2, -0.15) is 0 Å². The van der Waals surface area contributed by atoms with Gasteiger partial charge in [0.1, 0.15) is 0 Å². The number of hydrogen-bond acceptors (Lipinski definition) is 2. The van der Waals surface area contributed by atoms with Gasteiger partial charge < -0.3 is 9.47 Å². The van der Waals surface area contributed by atoms with Crippen LogP contribution in [0.15, 0.2) is 23.8 Å². The highest BCUT2D eigenvalue weighted by atomic mass is 19.2. The fourth-order valence-electron chi connectivity index (χ4n) is 6.05. The third-order valence-electron chi connectivity index (χ3n) is 7.32. The van der Waals surface area contributed by atoms with E-state index in [1.165, 1.54) is 17.7 Å². The molecule has 27 heavy (non-hydrogen) atoms. The number of rotatable bonds is 1. The molecule has 1 aromatic carbocycles. The number of ether oxygens (including phenoxy) is 2. The second-order valence-corrected chi connectivity index (χ2v) is 8.68. The molecule has 0 N–H and O–H groups in total. The van der Waals surface area contributed by atoms with Crippen molar-refractivity contribution in [1.29, 1.82) is 0 Å². The van der Waals surface area contributed by atoms with Crippen LogP contribution in [0.4, 0.5) is 13.2 Å². The summed E-state index contributed by atoms with van der Waals surface area (Å²) in [6.07, 6.45) is 9.21. The van der Waals surface area contributed by atoms with E-state index in [4.69, 9.17) is 9.47 Å². The highest BCUT2D eigenvalue weighted by Gasteiger charge is 2.48. The Kier molecular flexibility index (Phi) is 4.36. The van der Waals surface area contributed by atoms with Crippen molar-refractivity contribution < 1.29 is 22.6 Å². The Hall–Kier alpha value is -1.33. The number of allylic oxidation sites excluding steroid dienone is 1. The lowest BCUT2D eigenvalue weighted by atomic mass is 9.59. The zero-order valence-electron chi connectivity index (χ0n) is 15.4. The largest absolute Gasteiger partial charge is 0.347 e. The van der Waals surface area contributed by atoms with E-state index in [0.29, 0.717) is 36.5 Å². The van der Waals surface area contributed by atoms with Crippen molar-refractivity contribution in [3.05, 3.63) is 46.8 Å². The minimum Gasteiger partial charge on any atom is -0.347 e. The van der Waals surface area contributed by atoms with Crippen molar-refractivity contribution >= 4 is 0 Å². The molecule has 1 saturated heterocycles. The first kappa shape index (κ1) is 17.7. The Balaban J connectivity index is 1.33. The van der Waals surface area contributed by atoms with Gasteiger partial charge in [0.25, 0.3) is 0 Å². The Labute approximate surface area is 157 Å². The lowest BCUT2D eigenvalue weighted by Gasteiger charge is -2.48. The molecule has 5 heteroatoms. The predicted octanol–water partition coefficient (Wildman–Crippen LogP) is 5.48. The highest BCUT2D eigenvalue weighted by molar-refractivity contribution is 5.26. The summed E-state index contributed by atoms with van der Waals surface area (Å²) in [5, 5.41) is 0. The molecule has 1 aromatic rings. The molecule has 4 atom stereocenters. The summed E-state index contributed by atoms with van der Waals surface area (Å²) in [7, 11) is 0. The van der Waals surface area contributed by atoms with Gasteiger partial charge in [0.2, 0.25) is 0 Å². The number of benzene rings is 1. The smallest absolute Gasteiger partial charge is 0.194 e. The first-order chi connectivity index (χ1) is 13.0. The van der Waals surface area contributed by atoms with Crippen LogP contribution in [0.1, 0.15) is 56.4 Å². The second kappa shape index (κ2) is 6.63. The van der Waals surface area contributed by atoms with Gasteiger partial charge in [-0.1, -0.05) is 11.6 Å². The average molecular weight is 378 g/mol. The van der Waals surface area contributed by atoms with Crippen molar-refractivity contribution in [3.63, 3.8) is 0 Å². The molecule has 4 aliphatic rings. The summed E-state index contributed by atoms with van der Waals surface area (Å²) in [6, 6.07) is 2.37. The SMILES string of the molecule is Fc1cc(C2CC[C@H]3[C@@H](CC=C4CC5(CC[C@H]43)OCCO5)C2)cc(F)c1F. The van der Waals surface area contributed by atoms with Crippen molar-refractivity contribution in [3.8, 4) is 0 Å². The highest BCUT2D eigenvalue weighted by Crippen LogP contribution is 2.54. The summed E-state index contributed by atoms with van der Waals surface area (Å²) < 4.78 is 52.4. The number of halogens is 3. The van der Waals surface area contributed by atoms with Gasteiger partial charge in [0, 0.05) is 12.8 Å². The first-order valence-electron chi connectivity index (χ1n) is 10.2. The summed E-state index contributed by atoms with van der Waals surface area (Å²) in [4.78, 5) is 0. The summed E-state index contributed by atoms with van der Waals surface area (Å²) in [6.45, 7) is 1.38. The third-order valence-corrected chi connectivity index (χ3v) is 7.32. The van der Waals surface area contributed by atoms with E-state index < -0.39 is 17.5 Å². The normalized spacial score (nSPS) is 34.9. The predicted molar refractivity (Wildman–Crippen MR) is 94.6 cm³/mol. The van der Waals surface area contributed by atoms with Gasteiger partial charge in [-0.15, -0.1) is 0 Å². The Bertz CT molecular complexity index is 746. The monoisotopic (exact) mass is 378 g/mol. The minimum absolute atomic E-state index is 0.113.